The molecule has 144 valence electrons. The van der Waals surface area contributed by atoms with E-state index in [1.807, 2.05) is 6.08 Å². The second-order valence-electron chi connectivity index (χ2n) is 6.63. The van der Waals surface area contributed by atoms with Gasteiger partial charge in [0.1, 0.15) is 6.61 Å². The number of unbranched alkanes of at least 4 members (excludes halogenated alkanes) is 1. The van der Waals surface area contributed by atoms with Crippen LogP contribution in [0, 0.1) is 11.3 Å². The third kappa shape index (κ3) is 6.24. The van der Waals surface area contributed by atoms with E-state index in [2.05, 4.69) is 11.9 Å². The second kappa shape index (κ2) is 9.51. The second-order valence-corrected chi connectivity index (χ2v) is 7.12. The van der Waals surface area contributed by atoms with Crippen molar-refractivity contribution in [1.29, 1.82) is 0 Å². The smallest absolute Gasteiger partial charge is 0.397 e. The van der Waals surface area contributed by atoms with Crippen LogP contribution in [-0.4, -0.2) is 24.7 Å². The zero-order valence-corrected chi connectivity index (χ0v) is 15.8. The van der Waals surface area contributed by atoms with E-state index in [0.717, 1.165) is 32.3 Å². The molecule has 0 aromatic rings. The summed E-state index contributed by atoms with van der Waals surface area (Å²) in [7, 11) is 0. The third-order valence-electron chi connectivity index (χ3n) is 4.55. The Kier molecular flexibility index (Phi) is 8.32. The van der Waals surface area contributed by atoms with Gasteiger partial charge in [0.25, 0.3) is 0 Å². The van der Waals surface area contributed by atoms with Crippen molar-refractivity contribution < 1.29 is 17.9 Å². The fourth-order valence-corrected chi connectivity index (χ4v) is 3.04. The van der Waals surface area contributed by atoms with Gasteiger partial charge in [-0.3, -0.25) is 0 Å². The average Bonchev–Trinajstić information content (AvgIpc) is 2.98. The van der Waals surface area contributed by atoms with E-state index in [1.165, 1.54) is 13.1 Å². The Balaban J connectivity index is 2.80. The first-order valence-corrected chi connectivity index (χ1v) is 9.07. The minimum absolute atomic E-state index is 0.00814. The number of allylic oxidation sites excluding steroid dienone is 1. The molecule has 3 atom stereocenters. The number of nitrogens with two attached hydrogens (primary N) is 1. The van der Waals surface area contributed by atoms with Crippen molar-refractivity contribution >= 4 is 17.5 Å². The summed E-state index contributed by atoms with van der Waals surface area (Å²) in [5, 5.41) is 0.166. The van der Waals surface area contributed by atoms with Crippen LogP contribution in [-0.2, 0) is 4.74 Å². The van der Waals surface area contributed by atoms with E-state index in [-0.39, 0.29) is 29.8 Å². The average molecular weight is 381 g/mol. The summed E-state index contributed by atoms with van der Waals surface area (Å²) in [4.78, 5) is 4.50. The van der Waals surface area contributed by atoms with Crippen LogP contribution in [0.1, 0.15) is 52.9 Å². The summed E-state index contributed by atoms with van der Waals surface area (Å²) in [6.07, 6.45) is 3.20. The van der Waals surface area contributed by atoms with E-state index >= 15 is 0 Å². The summed E-state index contributed by atoms with van der Waals surface area (Å²) < 4.78 is 45.2. The van der Waals surface area contributed by atoms with Gasteiger partial charge in [-0.1, -0.05) is 50.4 Å². The lowest BCUT2D eigenvalue weighted by molar-refractivity contribution is -0.200. The van der Waals surface area contributed by atoms with Crippen molar-refractivity contribution in [3.8, 4) is 0 Å². The molecular weight excluding hydrogens is 353 g/mol. The largest absolute Gasteiger partial charge is 0.478 e. The van der Waals surface area contributed by atoms with Crippen molar-refractivity contribution in [3.63, 3.8) is 0 Å². The molecule has 0 bridgehead atoms. The summed E-state index contributed by atoms with van der Waals surface area (Å²) in [6.45, 7) is 5.08. The molecule has 7 heteroatoms. The predicted octanol–water partition coefficient (Wildman–Crippen LogP) is 5.55. The molecule has 1 rings (SSSR count). The first kappa shape index (κ1) is 21.9. The number of rotatable bonds is 9. The lowest BCUT2D eigenvalue weighted by Gasteiger charge is -2.28. The maximum atomic E-state index is 13.2. The van der Waals surface area contributed by atoms with Crippen LogP contribution in [0.4, 0.5) is 13.2 Å². The molecule has 0 radical (unpaired) electrons. The molecule has 1 aliphatic rings. The molecule has 2 N–H and O–H groups in total. The molecule has 0 amide bonds. The SMILES string of the molecule is CCCCC(/C=C\N)C1=NC(C/C(Cl)=C\C(C)(CC)C(F)(F)F)CO1. The van der Waals surface area contributed by atoms with Gasteiger partial charge in [0.05, 0.1) is 17.4 Å². The van der Waals surface area contributed by atoms with Crippen molar-refractivity contribution in [2.24, 2.45) is 22.1 Å². The van der Waals surface area contributed by atoms with E-state index < -0.39 is 11.6 Å². The molecule has 1 aliphatic heterocycles. The zero-order valence-electron chi connectivity index (χ0n) is 15.1. The standard InChI is InChI=1S/C18H28ClF3N2O/c1-4-6-7-13(8-9-23)16-24-15(12-25-16)10-14(19)11-17(3,5-2)18(20,21)22/h8-9,11,13,15H,4-7,10,12,23H2,1-3H3/b9-8-,14-11+. The Labute approximate surface area is 153 Å². The van der Waals surface area contributed by atoms with Crippen LogP contribution < -0.4 is 5.73 Å². The minimum atomic E-state index is -4.33. The van der Waals surface area contributed by atoms with Crippen LogP contribution >= 0.6 is 11.6 Å². The molecule has 0 spiro atoms. The van der Waals surface area contributed by atoms with Gasteiger partial charge in [0.15, 0.2) is 5.90 Å². The van der Waals surface area contributed by atoms with Crippen molar-refractivity contribution in [1.82, 2.24) is 0 Å². The molecule has 0 aromatic heterocycles. The van der Waals surface area contributed by atoms with Gasteiger partial charge in [-0.05, 0) is 26.0 Å². The number of hydrogen-bond acceptors (Lipinski definition) is 3. The quantitative estimate of drug-likeness (QED) is 0.569. The molecule has 0 aromatic carbocycles. The Hall–Kier alpha value is -1.17. The van der Waals surface area contributed by atoms with Gasteiger partial charge >= 0.3 is 6.18 Å². The molecule has 0 fully saturated rings. The van der Waals surface area contributed by atoms with Crippen molar-refractivity contribution in [2.75, 3.05) is 6.61 Å². The molecular formula is C18H28ClF3N2O. The van der Waals surface area contributed by atoms with Crippen LogP contribution in [0.25, 0.3) is 0 Å². The lowest BCUT2D eigenvalue weighted by atomic mass is 9.86. The number of aliphatic imine (C=N–C) groups is 1. The predicted molar refractivity (Wildman–Crippen MR) is 96.5 cm³/mol. The monoisotopic (exact) mass is 380 g/mol. The maximum Gasteiger partial charge on any atom is 0.397 e. The molecule has 3 nitrogen and oxygen atoms in total. The molecule has 0 saturated heterocycles. The number of nitrogens with zero attached hydrogens (tertiary/aromatic N) is 1. The van der Waals surface area contributed by atoms with Gasteiger partial charge < -0.3 is 10.5 Å². The van der Waals surface area contributed by atoms with E-state index in [0.29, 0.717) is 12.5 Å². The lowest BCUT2D eigenvalue weighted by Crippen LogP contribution is -2.32. The van der Waals surface area contributed by atoms with Gasteiger partial charge in [-0.15, -0.1) is 0 Å². The first-order valence-electron chi connectivity index (χ1n) is 8.69. The number of ether oxygens (including phenoxy) is 1. The summed E-state index contributed by atoms with van der Waals surface area (Å²) >= 11 is 6.10. The molecule has 0 saturated carbocycles. The molecule has 25 heavy (non-hydrogen) atoms. The molecule has 0 aliphatic carbocycles. The number of halogens is 4. The summed E-state index contributed by atoms with van der Waals surface area (Å²) in [5.74, 6) is 0.604. The Morgan fingerprint density at radius 3 is 2.64 bits per heavy atom. The Morgan fingerprint density at radius 2 is 2.12 bits per heavy atom. The van der Waals surface area contributed by atoms with Gasteiger partial charge in [-0.2, -0.15) is 13.2 Å². The highest BCUT2D eigenvalue weighted by Crippen LogP contribution is 2.43. The van der Waals surface area contributed by atoms with Crippen LogP contribution in [0.2, 0.25) is 0 Å². The van der Waals surface area contributed by atoms with Crippen LogP contribution in [0.5, 0.6) is 0 Å². The maximum absolute atomic E-state index is 13.2. The number of hydrogen-bond donors (Lipinski definition) is 1. The van der Waals surface area contributed by atoms with Gasteiger partial charge in [0.2, 0.25) is 0 Å². The fourth-order valence-electron chi connectivity index (χ4n) is 2.62. The zero-order chi connectivity index (χ0) is 19.1. The van der Waals surface area contributed by atoms with Crippen LogP contribution in [0.3, 0.4) is 0 Å². The highest BCUT2D eigenvalue weighted by molar-refractivity contribution is 6.29. The molecule has 1 heterocycles. The van der Waals surface area contributed by atoms with Gasteiger partial charge in [-0.25, -0.2) is 4.99 Å². The Morgan fingerprint density at radius 1 is 1.44 bits per heavy atom. The highest BCUT2D eigenvalue weighted by Gasteiger charge is 2.48. The highest BCUT2D eigenvalue weighted by atomic mass is 35.5. The van der Waals surface area contributed by atoms with Crippen LogP contribution in [0.15, 0.2) is 28.4 Å². The summed E-state index contributed by atoms with van der Waals surface area (Å²) in [6, 6.07) is -0.261. The van der Waals surface area contributed by atoms with E-state index in [4.69, 9.17) is 22.1 Å². The van der Waals surface area contributed by atoms with E-state index in [1.54, 1.807) is 0 Å². The van der Waals surface area contributed by atoms with Crippen molar-refractivity contribution in [3.05, 3.63) is 23.4 Å². The first-order chi connectivity index (χ1) is 11.7. The molecule has 3 unspecified atom stereocenters. The summed E-state index contributed by atoms with van der Waals surface area (Å²) in [5.41, 5.74) is 3.55. The third-order valence-corrected chi connectivity index (χ3v) is 4.81. The minimum Gasteiger partial charge on any atom is -0.478 e. The van der Waals surface area contributed by atoms with Crippen molar-refractivity contribution in [2.45, 2.75) is 65.1 Å². The van der Waals surface area contributed by atoms with E-state index in [9.17, 15) is 13.2 Å². The van der Waals surface area contributed by atoms with Gasteiger partial charge in [0, 0.05) is 11.5 Å². The normalized spacial score (nSPS) is 22.6. The topological polar surface area (TPSA) is 47.6 Å². The fraction of sp³-hybridized carbons (Fsp3) is 0.722. The Bertz CT molecular complexity index is 517. The number of alkyl halides is 3.